The van der Waals surface area contributed by atoms with E-state index in [0.29, 0.717) is 0 Å². The maximum absolute atomic E-state index is 4.04. The molecule has 0 aliphatic carbocycles. The van der Waals surface area contributed by atoms with Gasteiger partial charge in [-0.3, -0.25) is 0 Å². The fourth-order valence-electron chi connectivity index (χ4n) is 2.35. The summed E-state index contributed by atoms with van der Waals surface area (Å²) in [7, 11) is 0. The van der Waals surface area contributed by atoms with Crippen molar-refractivity contribution in [3.05, 3.63) is 11.5 Å². The van der Waals surface area contributed by atoms with Gasteiger partial charge in [-0.05, 0) is 35.8 Å². The highest BCUT2D eigenvalue weighted by molar-refractivity contribution is 8.02. The van der Waals surface area contributed by atoms with Crippen LogP contribution in [0.2, 0.25) is 0 Å². The summed E-state index contributed by atoms with van der Waals surface area (Å²) in [6.07, 6.45) is 13.0. The zero-order valence-electron chi connectivity index (χ0n) is 12.4. The van der Waals surface area contributed by atoms with Crippen LogP contribution in [-0.4, -0.2) is 6.26 Å². The fourth-order valence-corrected chi connectivity index (χ4v) is 2.69. The Balaban J connectivity index is 3.40. The predicted molar refractivity (Wildman–Crippen MR) is 83.6 cm³/mol. The molecule has 0 N–H and O–H groups in total. The topological polar surface area (TPSA) is 0 Å². The van der Waals surface area contributed by atoms with Crippen LogP contribution < -0.4 is 0 Å². The second kappa shape index (κ2) is 11.2. The minimum absolute atomic E-state index is 0.901. The normalized spacial score (nSPS) is 14.6. The third-order valence-electron chi connectivity index (χ3n) is 3.62. The van der Waals surface area contributed by atoms with Crippen molar-refractivity contribution in [3.63, 3.8) is 0 Å². The molecule has 0 aliphatic heterocycles. The summed E-state index contributed by atoms with van der Waals surface area (Å²) in [6, 6.07) is 0. The van der Waals surface area contributed by atoms with Crippen LogP contribution >= 0.6 is 11.8 Å². The minimum atomic E-state index is 0.901. The van der Waals surface area contributed by atoms with Crippen molar-refractivity contribution >= 4 is 11.8 Å². The molecule has 0 amide bonds. The van der Waals surface area contributed by atoms with E-state index in [4.69, 9.17) is 0 Å². The van der Waals surface area contributed by atoms with Crippen molar-refractivity contribution in [1.29, 1.82) is 0 Å². The number of thioether (sulfide) groups is 1. The number of hydrogen-bond acceptors (Lipinski definition) is 1. The first-order valence-corrected chi connectivity index (χ1v) is 8.54. The van der Waals surface area contributed by atoms with Gasteiger partial charge in [-0.25, -0.2) is 0 Å². The molecule has 0 aromatic heterocycles. The van der Waals surface area contributed by atoms with Gasteiger partial charge in [-0.15, -0.1) is 11.8 Å². The third kappa shape index (κ3) is 10.9. The van der Waals surface area contributed by atoms with E-state index >= 15 is 0 Å². The highest BCUT2D eigenvalue weighted by atomic mass is 32.2. The van der Waals surface area contributed by atoms with Gasteiger partial charge in [0.1, 0.15) is 0 Å². The Morgan fingerprint density at radius 1 is 1.00 bits per heavy atom. The maximum atomic E-state index is 4.04. The number of allylic oxidation sites excluding steroid dienone is 1. The average molecular weight is 256 g/mol. The van der Waals surface area contributed by atoms with Crippen LogP contribution in [-0.2, 0) is 0 Å². The van der Waals surface area contributed by atoms with E-state index < -0.39 is 0 Å². The Labute approximate surface area is 114 Å². The van der Waals surface area contributed by atoms with Crippen molar-refractivity contribution in [2.45, 2.75) is 72.1 Å². The van der Waals surface area contributed by atoms with E-state index in [9.17, 15) is 0 Å². The summed E-state index contributed by atoms with van der Waals surface area (Å²) in [5.41, 5.74) is 0. The van der Waals surface area contributed by atoms with Crippen LogP contribution in [0.1, 0.15) is 72.1 Å². The standard InChI is InChI=1S/C16H32S/c1-6-9-14(2)10-7-11-15(3)12-8-13-16(4)17-5/h14-15H,4,6-13H2,1-3,5H3. The lowest BCUT2D eigenvalue weighted by Crippen LogP contribution is -1.99. The summed E-state index contributed by atoms with van der Waals surface area (Å²) in [5.74, 6) is 1.84. The van der Waals surface area contributed by atoms with Gasteiger partial charge >= 0.3 is 0 Å². The number of hydrogen-bond donors (Lipinski definition) is 0. The smallest absolute Gasteiger partial charge is 0.0140 e. The molecule has 0 aliphatic rings. The first-order chi connectivity index (χ1) is 8.10. The third-order valence-corrected chi connectivity index (χ3v) is 4.40. The SMILES string of the molecule is C=C(CCCC(C)CCCC(C)CCC)SC. The Morgan fingerprint density at radius 2 is 1.53 bits per heavy atom. The summed E-state index contributed by atoms with van der Waals surface area (Å²) in [6.45, 7) is 11.1. The molecule has 1 heteroatoms. The van der Waals surface area contributed by atoms with Crippen molar-refractivity contribution < 1.29 is 0 Å². The molecule has 0 radical (unpaired) electrons. The lowest BCUT2D eigenvalue weighted by Gasteiger charge is -2.14. The van der Waals surface area contributed by atoms with E-state index in [1.165, 1.54) is 56.3 Å². The van der Waals surface area contributed by atoms with E-state index in [1.807, 2.05) is 11.8 Å². The van der Waals surface area contributed by atoms with E-state index in [2.05, 4.69) is 33.6 Å². The van der Waals surface area contributed by atoms with Gasteiger partial charge in [0.05, 0.1) is 0 Å². The molecule has 102 valence electrons. The maximum Gasteiger partial charge on any atom is -0.0140 e. The largest absolute Gasteiger partial charge is 0.135 e. The molecular formula is C16H32S. The van der Waals surface area contributed by atoms with Crippen molar-refractivity contribution in [1.82, 2.24) is 0 Å². The molecule has 0 saturated carbocycles. The highest BCUT2D eigenvalue weighted by Crippen LogP contribution is 2.22. The van der Waals surface area contributed by atoms with E-state index in [1.54, 1.807) is 0 Å². The van der Waals surface area contributed by atoms with Crippen molar-refractivity contribution in [3.8, 4) is 0 Å². The molecule has 0 bridgehead atoms. The molecule has 2 unspecified atom stereocenters. The van der Waals surface area contributed by atoms with Crippen molar-refractivity contribution in [2.75, 3.05) is 6.26 Å². The second-order valence-electron chi connectivity index (χ2n) is 5.56. The molecule has 17 heavy (non-hydrogen) atoms. The lowest BCUT2D eigenvalue weighted by atomic mass is 9.93. The van der Waals surface area contributed by atoms with Crippen LogP contribution in [0.4, 0.5) is 0 Å². The van der Waals surface area contributed by atoms with Crippen molar-refractivity contribution in [2.24, 2.45) is 11.8 Å². The van der Waals surface area contributed by atoms with Gasteiger partial charge < -0.3 is 0 Å². The molecular weight excluding hydrogens is 224 g/mol. The Bertz CT molecular complexity index is 186. The van der Waals surface area contributed by atoms with Crippen LogP contribution in [0.3, 0.4) is 0 Å². The number of rotatable bonds is 11. The Morgan fingerprint density at radius 3 is 2.06 bits per heavy atom. The Kier molecular flexibility index (Phi) is 11.3. The molecule has 0 heterocycles. The predicted octanol–water partition coefficient (Wildman–Crippen LogP) is 6.28. The van der Waals surface area contributed by atoms with E-state index in [0.717, 1.165) is 11.8 Å². The monoisotopic (exact) mass is 256 g/mol. The molecule has 0 aromatic carbocycles. The summed E-state index contributed by atoms with van der Waals surface area (Å²) >= 11 is 1.81. The molecule has 0 rings (SSSR count). The van der Waals surface area contributed by atoms with Crippen LogP contribution in [0.15, 0.2) is 11.5 Å². The molecule has 0 nitrogen and oxygen atoms in total. The Hall–Kier alpha value is 0.0900. The van der Waals surface area contributed by atoms with Crippen LogP contribution in [0, 0.1) is 11.8 Å². The zero-order chi connectivity index (χ0) is 13.1. The molecule has 2 atom stereocenters. The van der Waals surface area contributed by atoms with Gasteiger partial charge in [0.2, 0.25) is 0 Å². The highest BCUT2D eigenvalue weighted by Gasteiger charge is 2.05. The lowest BCUT2D eigenvalue weighted by molar-refractivity contribution is 0.404. The molecule has 0 saturated heterocycles. The van der Waals surface area contributed by atoms with Gasteiger partial charge in [-0.2, -0.15) is 0 Å². The second-order valence-corrected chi connectivity index (χ2v) is 6.55. The minimum Gasteiger partial charge on any atom is -0.135 e. The summed E-state index contributed by atoms with van der Waals surface area (Å²) in [4.78, 5) is 1.34. The van der Waals surface area contributed by atoms with E-state index in [-0.39, 0.29) is 0 Å². The van der Waals surface area contributed by atoms with Crippen LogP contribution in [0.25, 0.3) is 0 Å². The first-order valence-electron chi connectivity index (χ1n) is 7.31. The quantitative estimate of drug-likeness (QED) is 0.419. The van der Waals surface area contributed by atoms with Gasteiger partial charge in [0.15, 0.2) is 0 Å². The average Bonchev–Trinajstić information content (AvgIpc) is 2.29. The molecule has 0 spiro atoms. The van der Waals surface area contributed by atoms with Gasteiger partial charge in [0.25, 0.3) is 0 Å². The molecule has 0 aromatic rings. The summed E-state index contributed by atoms with van der Waals surface area (Å²) < 4.78 is 0. The van der Waals surface area contributed by atoms with Crippen LogP contribution in [0.5, 0.6) is 0 Å². The molecule has 0 fully saturated rings. The van der Waals surface area contributed by atoms with Gasteiger partial charge in [-0.1, -0.05) is 65.9 Å². The van der Waals surface area contributed by atoms with Gasteiger partial charge in [0, 0.05) is 0 Å². The first kappa shape index (κ1) is 17.1. The zero-order valence-corrected chi connectivity index (χ0v) is 13.2. The fraction of sp³-hybridized carbons (Fsp3) is 0.875. The summed E-state index contributed by atoms with van der Waals surface area (Å²) in [5, 5.41) is 0.